The van der Waals surface area contributed by atoms with Gasteiger partial charge in [0.2, 0.25) is 0 Å². The molecule has 0 aliphatic heterocycles. The minimum absolute atomic E-state index is 0.179. The van der Waals surface area contributed by atoms with Crippen molar-refractivity contribution in [3.05, 3.63) is 28.1 Å². The molecule has 0 aliphatic carbocycles. The van der Waals surface area contributed by atoms with Gasteiger partial charge < -0.3 is 10.1 Å². The van der Waals surface area contributed by atoms with Crippen LogP contribution in [0.3, 0.4) is 0 Å². The second kappa shape index (κ2) is 7.03. The van der Waals surface area contributed by atoms with E-state index in [1.165, 1.54) is 11.3 Å². The van der Waals surface area contributed by atoms with E-state index < -0.39 is 0 Å². The molecule has 2 aromatic rings. The van der Waals surface area contributed by atoms with Crippen molar-refractivity contribution >= 4 is 56.3 Å². The lowest BCUT2D eigenvalue weighted by atomic mass is 10.0. The Labute approximate surface area is 150 Å². The van der Waals surface area contributed by atoms with Crippen molar-refractivity contribution in [3.63, 3.8) is 0 Å². The van der Waals surface area contributed by atoms with Crippen molar-refractivity contribution in [3.8, 4) is 5.75 Å². The lowest BCUT2D eigenvalue weighted by Gasteiger charge is -2.26. The van der Waals surface area contributed by atoms with Gasteiger partial charge in [-0.2, -0.15) is 0 Å². The van der Waals surface area contributed by atoms with Crippen LogP contribution in [-0.2, 0) is 0 Å². The first-order valence-electron chi connectivity index (χ1n) is 7.17. The van der Waals surface area contributed by atoms with Crippen LogP contribution in [0.4, 0.5) is 0 Å². The average Bonchev–Trinajstić information content (AvgIpc) is 2.83. The number of rotatable bonds is 4. The van der Waals surface area contributed by atoms with Crippen molar-refractivity contribution in [2.45, 2.75) is 32.7 Å². The summed E-state index contributed by atoms with van der Waals surface area (Å²) in [7, 11) is 1.60. The first kappa shape index (κ1) is 18.0. The van der Waals surface area contributed by atoms with Crippen molar-refractivity contribution in [1.82, 2.24) is 10.6 Å². The van der Waals surface area contributed by atoms with Crippen LogP contribution in [-0.4, -0.2) is 23.7 Å². The van der Waals surface area contributed by atoms with Crippen LogP contribution in [0.15, 0.2) is 18.2 Å². The van der Waals surface area contributed by atoms with Gasteiger partial charge in [0.1, 0.15) is 10.6 Å². The van der Waals surface area contributed by atoms with Crippen LogP contribution >= 0.6 is 35.2 Å². The molecule has 7 heteroatoms. The lowest BCUT2D eigenvalue weighted by molar-refractivity contribution is 0.0980. The summed E-state index contributed by atoms with van der Waals surface area (Å²) in [4.78, 5) is 12.9. The number of halogens is 1. The fraction of sp³-hybridized carbons (Fsp3) is 0.375. The van der Waals surface area contributed by atoms with Crippen LogP contribution in [0.1, 0.15) is 36.9 Å². The highest BCUT2D eigenvalue weighted by atomic mass is 35.5. The molecule has 0 saturated heterocycles. The van der Waals surface area contributed by atoms with Gasteiger partial charge in [0.05, 0.1) is 12.1 Å². The van der Waals surface area contributed by atoms with E-state index in [2.05, 4.69) is 10.6 Å². The number of nitrogens with one attached hydrogen (secondary N) is 2. The Morgan fingerprint density at radius 1 is 1.43 bits per heavy atom. The Bertz CT molecular complexity index is 756. The number of methoxy groups -OCH3 is 1. The summed E-state index contributed by atoms with van der Waals surface area (Å²) in [5.41, 5.74) is -0.179. The molecule has 4 nitrogen and oxygen atoms in total. The van der Waals surface area contributed by atoms with Crippen LogP contribution in [0.2, 0.25) is 5.02 Å². The maximum atomic E-state index is 12.4. The Balaban J connectivity index is 2.21. The highest BCUT2D eigenvalue weighted by Crippen LogP contribution is 2.37. The van der Waals surface area contributed by atoms with Crippen molar-refractivity contribution < 1.29 is 9.53 Å². The van der Waals surface area contributed by atoms with Gasteiger partial charge in [0, 0.05) is 15.6 Å². The normalized spacial score (nSPS) is 11.3. The molecule has 1 aromatic heterocycles. The second-order valence-corrected chi connectivity index (χ2v) is 7.59. The molecule has 0 bridgehead atoms. The summed E-state index contributed by atoms with van der Waals surface area (Å²) in [6.07, 6.45) is 0.881. The molecule has 0 aliphatic rings. The van der Waals surface area contributed by atoms with E-state index in [1.54, 1.807) is 7.11 Å². The van der Waals surface area contributed by atoms with Crippen LogP contribution < -0.4 is 15.4 Å². The number of carbonyl (C=O) groups is 1. The number of carbonyl (C=O) groups excluding carboxylic acids is 1. The highest BCUT2D eigenvalue weighted by molar-refractivity contribution is 7.80. The number of benzene rings is 1. The number of thiophene rings is 1. The topological polar surface area (TPSA) is 50.4 Å². The molecule has 0 fully saturated rings. The summed E-state index contributed by atoms with van der Waals surface area (Å²) in [6.45, 7) is 6.09. The predicted molar refractivity (Wildman–Crippen MR) is 101 cm³/mol. The molecule has 0 spiro atoms. The molecule has 0 saturated carbocycles. The summed E-state index contributed by atoms with van der Waals surface area (Å²) in [5, 5.41) is 7.37. The Kier molecular flexibility index (Phi) is 5.49. The fourth-order valence-electron chi connectivity index (χ4n) is 1.91. The second-order valence-electron chi connectivity index (χ2n) is 5.75. The average molecular weight is 371 g/mol. The monoisotopic (exact) mass is 370 g/mol. The minimum Gasteiger partial charge on any atom is -0.497 e. The molecule has 0 unspecified atom stereocenters. The lowest BCUT2D eigenvalue weighted by Crippen LogP contribution is -2.49. The van der Waals surface area contributed by atoms with Gasteiger partial charge >= 0.3 is 0 Å². The van der Waals surface area contributed by atoms with E-state index in [9.17, 15) is 4.79 Å². The number of thiocarbonyl (C=S) groups is 1. The van der Waals surface area contributed by atoms with Gasteiger partial charge in [-0.25, -0.2) is 0 Å². The van der Waals surface area contributed by atoms with Gasteiger partial charge in [-0.3, -0.25) is 10.1 Å². The summed E-state index contributed by atoms with van der Waals surface area (Å²) in [5.74, 6) is 0.420. The predicted octanol–water partition coefficient (Wildman–Crippen LogP) is 4.36. The number of hydrogen-bond donors (Lipinski definition) is 2. The minimum atomic E-state index is -0.306. The van der Waals surface area contributed by atoms with Gasteiger partial charge in [0.15, 0.2) is 5.11 Å². The third-order valence-electron chi connectivity index (χ3n) is 3.61. The third kappa shape index (κ3) is 4.13. The van der Waals surface area contributed by atoms with E-state index in [1.807, 2.05) is 39.0 Å². The molecule has 23 heavy (non-hydrogen) atoms. The zero-order valence-corrected chi connectivity index (χ0v) is 15.8. The standard InChI is InChI=1S/C16H19ClN2O2S2/c1-5-16(2,3)19-15(22)18-14(20)13-12(17)10-7-6-9(21-4)8-11(10)23-13/h6-8H,5H2,1-4H3,(H2,18,19,20,22). The highest BCUT2D eigenvalue weighted by Gasteiger charge is 2.21. The number of amides is 1. The first-order valence-corrected chi connectivity index (χ1v) is 8.77. The smallest absolute Gasteiger partial charge is 0.269 e. The molecule has 0 atom stereocenters. The van der Waals surface area contributed by atoms with E-state index in [0.29, 0.717) is 15.0 Å². The maximum Gasteiger partial charge on any atom is 0.269 e. The summed E-state index contributed by atoms with van der Waals surface area (Å²) >= 11 is 12.9. The molecule has 2 N–H and O–H groups in total. The molecule has 1 amide bonds. The van der Waals surface area contributed by atoms with Crippen molar-refractivity contribution in [1.29, 1.82) is 0 Å². The Morgan fingerprint density at radius 2 is 2.13 bits per heavy atom. The molecule has 1 heterocycles. The van der Waals surface area contributed by atoms with Crippen LogP contribution in [0.25, 0.3) is 10.1 Å². The number of hydrogen-bond acceptors (Lipinski definition) is 4. The molecule has 0 radical (unpaired) electrons. The molecule has 124 valence electrons. The SMILES string of the molecule is CCC(C)(C)NC(=S)NC(=O)c1sc2cc(OC)ccc2c1Cl. The third-order valence-corrected chi connectivity index (χ3v) is 5.47. The largest absolute Gasteiger partial charge is 0.497 e. The quantitative estimate of drug-likeness (QED) is 0.785. The Hall–Kier alpha value is -1.37. The van der Waals surface area contributed by atoms with Crippen molar-refractivity contribution in [2.24, 2.45) is 0 Å². The summed E-state index contributed by atoms with van der Waals surface area (Å²) < 4.78 is 6.09. The van der Waals surface area contributed by atoms with Crippen LogP contribution in [0, 0.1) is 0 Å². The van der Waals surface area contributed by atoms with Gasteiger partial charge in [-0.15, -0.1) is 11.3 Å². The van der Waals surface area contributed by atoms with Gasteiger partial charge in [0.25, 0.3) is 5.91 Å². The van der Waals surface area contributed by atoms with Gasteiger partial charge in [-0.1, -0.05) is 18.5 Å². The Morgan fingerprint density at radius 3 is 2.74 bits per heavy atom. The zero-order valence-electron chi connectivity index (χ0n) is 13.5. The molecule has 1 aromatic carbocycles. The van der Waals surface area contributed by atoms with E-state index in [0.717, 1.165) is 22.3 Å². The number of ether oxygens (including phenoxy) is 1. The maximum absolute atomic E-state index is 12.4. The van der Waals surface area contributed by atoms with E-state index >= 15 is 0 Å². The summed E-state index contributed by atoms with van der Waals surface area (Å²) in [6, 6.07) is 5.53. The molecule has 2 rings (SSSR count). The molecular formula is C16H19ClN2O2S2. The fourth-order valence-corrected chi connectivity index (χ4v) is 3.72. The zero-order chi connectivity index (χ0) is 17.2. The number of fused-ring (bicyclic) bond motifs is 1. The first-order chi connectivity index (χ1) is 10.8. The van der Waals surface area contributed by atoms with Crippen LogP contribution in [0.5, 0.6) is 5.75 Å². The van der Waals surface area contributed by atoms with Crippen molar-refractivity contribution in [2.75, 3.05) is 7.11 Å². The van der Waals surface area contributed by atoms with E-state index in [4.69, 9.17) is 28.6 Å². The molecular weight excluding hydrogens is 352 g/mol. The van der Waals surface area contributed by atoms with Gasteiger partial charge in [-0.05, 0) is 50.7 Å². The van der Waals surface area contributed by atoms with E-state index in [-0.39, 0.29) is 11.4 Å².